The third kappa shape index (κ3) is 2.81. The first kappa shape index (κ1) is 21.0. The zero-order chi connectivity index (χ0) is 17.2. The molecule has 0 nitrogen and oxygen atoms in total. The molecule has 2 aliphatic rings. The summed E-state index contributed by atoms with van der Waals surface area (Å²) in [6.07, 6.45) is 0. The van der Waals surface area contributed by atoms with Gasteiger partial charge < -0.3 is 0 Å². The van der Waals surface area contributed by atoms with Gasteiger partial charge in [0.2, 0.25) is 0 Å². The van der Waals surface area contributed by atoms with Gasteiger partial charge >= 0.3 is 26.2 Å². The fourth-order valence-corrected chi connectivity index (χ4v) is 4.95. The molecule has 2 rings (SSSR count). The quantitative estimate of drug-likeness (QED) is 0.426. The molecule has 0 aromatic carbocycles. The molecule has 0 saturated carbocycles. The van der Waals surface area contributed by atoms with Crippen molar-refractivity contribution in [3.63, 3.8) is 0 Å². The van der Waals surface area contributed by atoms with Gasteiger partial charge in [0.15, 0.2) is 0 Å². The van der Waals surface area contributed by atoms with Gasteiger partial charge in [-0.3, -0.25) is 0 Å². The van der Waals surface area contributed by atoms with Gasteiger partial charge in [0.05, 0.1) is 0 Å². The molecule has 2 heteroatoms. The molecular formula is C21H30ClZr+. The summed E-state index contributed by atoms with van der Waals surface area (Å²) in [6.45, 7) is 22.6. The van der Waals surface area contributed by atoms with Crippen molar-refractivity contribution in [2.75, 3.05) is 0 Å². The van der Waals surface area contributed by atoms with Crippen LogP contribution in [0.1, 0.15) is 69.2 Å². The molecule has 0 heterocycles. The summed E-state index contributed by atoms with van der Waals surface area (Å²) in [6, 6.07) is 0. The first-order valence-corrected chi connectivity index (χ1v) is 8.57. The topological polar surface area (TPSA) is 0 Å². The van der Waals surface area contributed by atoms with Gasteiger partial charge in [-0.05, 0) is 24.7 Å². The summed E-state index contributed by atoms with van der Waals surface area (Å²) >= 11 is 7.06. The monoisotopic (exact) mass is 407 g/mol. The molecule has 124 valence electrons. The molecule has 23 heavy (non-hydrogen) atoms. The average Bonchev–Trinajstić information content (AvgIpc) is 2.66. The standard InChI is InChI=1S/C21H30Cl.Zr/c1-11-13(3)17(20(7,8)15(11)5)19(22)18-14(4)12(2)16(6)21(18,9)10;/h1-10H3;/q-1;+2. The van der Waals surface area contributed by atoms with Gasteiger partial charge in [0.25, 0.3) is 0 Å². The van der Waals surface area contributed by atoms with Crippen LogP contribution in [0, 0.1) is 16.2 Å². The fourth-order valence-electron chi connectivity index (χ4n) is 4.19. The van der Waals surface area contributed by atoms with Gasteiger partial charge in [0.1, 0.15) is 0 Å². The predicted octanol–water partition coefficient (Wildman–Crippen LogP) is 7.14. The Kier molecular flexibility index (Phi) is 5.84. The number of rotatable bonds is 2. The Morgan fingerprint density at radius 1 is 0.609 bits per heavy atom. The van der Waals surface area contributed by atoms with E-state index in [9.17, 15) is 0 Å². The Morgan fingerprint density at radius 2 is 0.870 bits per heavy atom. The zero-order valence-corrected chi connectivity index (χ0v) is 19.6. The van der Waals surface area contributed by atoms with Crippen molar-refractivity contribution in [3.8, 4) is 0 Å². The summed E-state index contributed by atoms with van der Waals surface area (Å²) in [4.78, 5) is 0. The van der Waals surface area contributed by atoms with Crippen LogP contribution in [0.5, 0.6) is 0 Å². The summed E-state index contributed by atoms with van der Waals surface area (Å²) in [7, 11) is 0. The summed E-state index contributed by atoms with van der Waals surface area (Å²) in [5.74, 6) is 0. The summed E-state index contributed by atoms with van der Waals surface area (Å²) in [5.41, 5.74) is 11.0. The summed E-state index contributed by atoms with van der Waals surface area (Å²) < 4.78 is 0. The first-order valence-electron chi connectivity index (χ1n) is 8.19. The molecule has 0 aromatic heterocycles. The van der Waals surface area contributed by atoms with E-state index in [0.717, 1.165) is 5.38 Å². The van der Waals surface area contributed by atoms with Gasteiger partial charge in [-0.2, -0.15) is 11.6 Å². The average molecular weight is 409 g/mol. The van der Waals surface area contributed by atoms with E-state index < -0.39 is 0 Å². The minimum Gasteiger partial charge on any atom is -0.166 e. The molecular weight excluding hydrogens is 379 g/mol. The summed E-state index contributed by atoms with van der Waals surface area (Å²) in [5, 5.41) is 0.970. The van der Waals surface area contributed by atoms with Crippen molar-refractivity contribution in [2.24, 2.45) is 10.8 Å². The molecule has 0 aromatic rings. The maximum atomic E-state index is 7.06. The van der Waals surface area contributed by atoms with Crippen molar-refractivity contribution >= 4 is 11.6 Å². The van der Waals surface area contributed by atoms with Crippen LogP contribution in [0.25, 0.3) is 0 Å². The van der Waals surface area contributed by atoms with E-state index in [4.69, 9.17) is 11.6 Å². The maximum Gasteiger partial charge on any atom is 2.00 e. The van der Waals surface area contributed by atoms with Gasteiger partial charge in [-0.15, -0.1) is 33.4 Å². The van der Waals surface area contributed by atoms with E-state index in [0.29, 0.717) is 0 Å². The minimum absolute atomic E-state index is 0. The molecule has 0 atom stereocenters. The van der Waals surface area contributed by atoms with E-state index >= 15 is 0 Å². The van der Waals surface area contributed by atoms with Gasteiger partial charge in [0, 0.05) is 0 Å². The van der Waals surface area contributed by atoms with E-state index in [1.54, 1.807) is 0 Å². The molecule has 0 saturated heterocycles. The SMILES string of the molecule is CC1=C(C)C(C)(C)C([C-](Cl)C2=C(C)C(C)=C(C)C2(C)C)=C1C.[Zr+2]. The number of halogens is 1. The van der Waals surface area contributed by atoms with E-state index in [-0.39, 0.29) is 37.0 Å². The fraction of sp³-hybridized carbons (Fsp3) is 0.571. The van der Waals surface area contributed by atoms with Crippen molar-refractivity contribution < 1.29 is 26.2 Å². The normalized spacial score (nSPS) is 23.1. The van der Waals surface area contributed by atoms with Crippen LogP contribution >= 0.6 is 11.6 Å². The molecule has 0 N–H and O–H groups in total. The van der Waals surface area contributed by atoms with Crippen molar-refractivity contribution in [1.29, 1.82) is 0 Å². The Morgan fingerprint density at radius 3 is 1.04 bits per heavy atom. The van der Waals surface area contributed by atoms with Crippen LogP contribution in [0.15, 0.2) is 44.6 Å². The Hall–Kier alpha value is 0.00312. The van der Waals surface area contributed by atoms with Crippen LogP contribution in [0.3, 0.4) is 0 Å². The Bertz CT molecular complexity index is 608. The predicted molar refractivity (Wildman–Crippen MR) is 98.8 cm³/mol. The van der Waals surface area contributed by atoms with Crippen molar-refractivity contribution in [2.45, 2.75) is 69.2 Å². The van der Waals surface area contributed by atoms with Gasteiger partial charge in [-0.25, -0.2) is 0 Å². The van der Waals surface area contributed by atoms with E-state index in [1.165, 1.54) is 44.6 Å². The van der Waals surface area contributed by atoms with Crippen molar-refractivity contribution in [3.05, 3.63) is 50.0 Å². The van der Waals surface area contributed by atoms with E-state index in [2.05, 4.69) is 69.2 Å². The largest absolute Gasteiger partial charge is 2.00 e. The molecule has 0 radical (unpaired) electrons. The van der Waals surface area contributed by atoms with Crippen LogP contribution in [-0.2, 0) is 26.2 Å². The third-order valence-electron chi connectivity index (χ3n) is 6.56. The second kappa shape index (κ2) is 6.38. The zero-order valence-electron chi connectivity index (χ0n) is 16.4. The maximum absolute atomic E-state index is 7.06. The number of hydrogen-bond acceptors (Lipinski definition) is 0. The second-order valence-electron chi connectivity index (χ2n) is 8.06. The molecule has 0 spiro atoms. The van der Waals surface area contributed by atoms with Crippen LogP contribution in [0.4, 0.5) is 0 Å². The van der Waals surface area contributed by atoms with Crippen LogP contribution < -0.4 is 0 Å². The van der Waals surface area contributed by atoms with Crippen LogP contribution in [-0.4, -0.2) is 0 Å². The molecule has 0 bridgehead atoms. The molecule has 0 amide bonds. The smallest absolute Gasteiger partial charge is 0.166 e. The van der Waals surface area contributed by atoms with E-state index in [1.807, 2.05) is 0 Å². The third-order valence-corrected chi connectivity index (χ3v) is 6.94. The second-order valence-corrected chi connectivity index (χ2v) is 8.44. The molecule has 0 aliphatic heterocycles. The van der Waals surface area contributed by atoms with Crippen molar-refractivity contribution in [1.82, 2.24) is 0 Å². The van der Waals surface area contributed by atoms with Gasteiger partial charge in [-0.1, -0.05) is 71.9 Å². The first-order chi connectivity index (χ1) is 9.86. The molecule has 0 fully saturated rings. The Balaban J connectivity index is 0.00000264. The Labute approximate surface area is 167 Å². The van der Waals surface area contributed by atoms with Crippen LogP contribution in [0.2, 0.25) is 0 Å². The number of hydrogen-bond donors (Lipinski definition) is 0. The number of allylic oxidation sites excluding steroid dienone is 8. The molecule has 0 unspecified atom stereocenters. The molecule has 2 aliphatic carbocycles. The minimum atomic E-state index is 0.